The molecule has 1 aliphatic rings. The molecule has 0 bridgehead atoms. The molecule has 0 aromatic carbocycles. The maximum absolute atomic E-state index is 9.61. The highest BCUT2D eigenvalue weighted by Crippen LogP contribution is 2.20. The Morgan fingerprint density at radius 3 is 2.40 bits per heavy atom. The first-order valence-electron chi connectivity index (χ1n) is 5.67. The van der Waals surface area contributed by atoms with E-state index in [1.54, 1.807) is 14.0 Å². The first-order chi connectivity index (χ1) is 7.07. The number of hydrogen-bond donors (Lipinski definition) is 3. The lowest BCUT2D eigenvalue weighted by molar-refractivity contribution is -0.00259. The van der Waals surface area contributed by atoms with Crippen molar-refractivity contribution in [3.63, 3.8) is 0 Å². The van der Waals surface area contributed by atoms with Gasteiger partial charge in [0.05, 0.1) is 18.3 Å². The van der Waals surface area contributed by atoms with Crippen LogP contribution in [0.25, 0.3) is 0 Å². The van der Waals surface area contributed by atoms with Gasteiger partial charge in [-0.2, -0.15) is 0 Å². The summed E-state index contributed by atoms with van der Waals surface area (Å²) in [6, 6.07) is 0.453. The second kappa shape index (κ2) is 5.80. The Morgan fingerprint density at radius 2 is 1.93 bits per heavy atom. The van der Waals surface area contributed by atoms with Gasteiger partial charge in [-0.25, -0.2) is 0 Å². The van der Waals surface area contributed by atoms with E-state index in [2.05, 4.69) is 5.32 Å². The first kappa shape index (κ1) is 12.9. The van der Waals surface area contributed by atoms with Crippen LogP contribution in [-0.2, 0) is 4.74 Å². The molecule has 0 aromatic heterocycles. The van der Waals surface area contributed by atoms with Crippen molar-refractivity contribution in [3.8, 4) is 0 Å². The molecule has 1 unspecified atom stereocenters. The summed E-state index contributed by atoms with van der Waals surface area (Å²) in [4.78, 5) is 0. The van der Waals surface area contributed by atoms with E-state index in [0.717, 1.165) is 25.7 Å². The zero-order chi connectivity index (χ0) is 11.3. The SMILES string of the molecule is COC1CCC(NCC(C)(O)CO)CC1. The monoisotopic (exact) mass is 217 g/mol. The van der Waals surface area contributed by atoms with Crippen molar-refractivity contribution in [2.24, 2.45) is 0 Å². The fourth-order valence-electron chi connectivity index (χ4n) is 1.92. The quantitative estimate of drug-likeness (QED) is 0.619. The van der Waals surface area contributed by atoms with Crippen molar-refractivity contribution in [1.82, 2.24) is 5.32 Å². The largest absolute Gasteiger partial charge is 0.393 e. The summed E-state index contributed by atoms with van der Waals surface area (Å²) < 4.78 is 5.29. The van der Waals surface area contributed by atoms with Crippen molar-refractivity contribution in [2.45, 2.75) is 50.4 Å². The van der Waals surface area contributed by atoms with Gasteiger partial charge in [-0.15, -0.1) is 0 Å². The minimum Gasteiger partial charge on any atom is -0.393 e. The van der Waals surface area contributed by atoms with Gasteiger partial charge in [0, 0.05) is 19.7 Å². The molecular formula is C11H23NO3. The molecule has 1 atom stereocenters. The van der Waals surface area contributed by atoms with Gasteiger partial charge in [-0.1, -0.05) is 0 Å². The summed E-state index contributed by atoms with van der Waals surface area (Å²) in [7, 11) is 1.76. The Hall–Kier alpha value is -0.160. The van der Waals surface area contributed by atoms with Crippen LogP contribution in [0.3, 0.4) is 0 Å². The predicted molar refractivity (Wildman–Crippen MR) is 58.8 cm³/mol. The molecule has 0 aromatic rings. The molecular weight excluding hydrogens is 194 g/mol. The smallest absolute Gasteiger partial charge is 0.0972 e. The average molecular weight is 217 g/mol. The highest BCUT2D eigenvalue weighted by atomic mass is 16.5. The molecule has 0 saturated heterocycles. The fraction of sp³-hybridized carbons (Fsp3) is 1.00. The lowest BCUT2D eigenvalue weighted by atomic mass is 9.92. The predicted octanol–water partition coefficient (Wildman–Crippen LogP) is 0.277. The molecule has 1 rings (SSSR count). The van der Waals surface area contributed by atoms with Crippen LogP contribution in [0, 0.1) is 0 Å². The molecule has 15 heavy (non-hydrogen) atoms. The van der Waals surface area contributed by atoms with Crippen LogP contribution in [0.15, 0.2) is 0 Å². The molecule has 0 amide bonds. The van der Waals surface area contributed by atoms with Crippen molar-refractivity contribution in [2.75, 3.05) is 20.3 Å². The summed E-state index contributed by atoms with van der Waals surface area (Å²) in [6.45, 7) is 1.89. The number of aliphatic hydroxyl groups excluding tert-OH is 1. The summed E-state index contributed by atoms with van der Waals surface area (Å²) in [5, 5.41) is 21.8. The molecule has 90 valence electrons. The summed E-state index contributed by atoms with van der Waals surface area (Å²) in [5.41, 5.74) is -1.00. The maximum Gasteiger partial charge on any atom is 0.0972 e. The summed E-state index contributed by atoms with van der Waals surface area (Å²) >= 11 is 0. The third-order valence-corrected chi connectivity index (χ3v) is 3.12. The van der Waals surface area contributed by atoms with Crippen LogP contribution < -0.4 is 5.32 Å². The molecule has 1 saturated carbocycles. The summed E-state index contributed by atoms with van der Waals surface area (Å²) in [5.74, 6) is 0. The van der Waals surface area contributed by atoms with Crippen molar-refractivity contribution >= 4 is 0 Å². The highest BCUT2D eigenvalue weighted by molar-refractivity contribution is 4.81. The Morgan fingerprint density at radius 1 is 1.33 bits per heavy atom. The van der Waals surface area contributed by atoms with Crippen molar-refractivity contribution < 1.29 is 14.9 Å². The zero-order valence-corrected chi connectivity index (χ0v) is 9.70. The van der Waals surface area contributed by atoms with E-state index in [4.69, 9.17) is 9.84 Å². The van der Waals surface area contributed by atoms with Gasteiger partial charge in [0.25, 0.3) is 0 Å². The molecule has 4 nitrogen and oxygen atoms in total. The van der Waals surface area contributed by atoms with Crippen LogP contribution in [0.5, 0.6) is 0 Å². The number of ether oxygens (including phenoxy) is 1. The van der Waals surface area contributed by atoms with Gasteiger partial charge in [-0.3, -0.25) is 0 Å². The van der Waals surface area contributed by atoms with E-state index in [1.807, 2.05) is 0 Å². The standard InChI is InChI=1S/C11H23NO3/c1-11(14,8-13)7-12-9-3-5-10(15-2)6-4-9/h9-10,12-14H,3-8H2,1-2H3. The van der Waals surface area contributed by atoms with Crippen LogP contribution in [-0.4, -0.2) is 48.2 Å². The fourth-order valence-corrected chi connectivity index (χ4v) is 1.92. The normalized spacial score (nSPS) is 31.2. The summed E-state index contributed by atoms with van der Waals surface area (Å²) in [6.07, 6.45) is 4.73. The molecule has 0 aliphatic heterocycles. The Bertz CT molecular complexity index is 177. The molecule has 4 heteroatoms. The van der Waals surface area contributed by atoms with E-state index in [9.17, 15) is 5.11 Å². The van der Waals surface area contributed by atoms with Gasteiger partial charge >= 0.3 is 0 Å². The van der Waals surface area contributed by atoms with Crippen LogP contribution in [0.4, 0.5) is 0 Å². The van der Waals surface area contributed by atoms with Gasteiger partial charge < -0.3 is 20.3 Å². The minimum absolute atomic E-state index is 0.201. The Balaban J connectivity index is 2.19. The lowest BCUT2D eigenvalue weighted by Gasteiger charge is -2.31. The zero-order valence-electron chi connectivity index (χ0n) is 9.70. The molecule has 0 radical (unpaired) electrons. The second-order valence-corrected chi connectivity index (χ2v) is 4.75. The number of hydrogen-bond acceptors (Lipinski definition) is 4. The van der Waals surface area contributed by atoms with Crippen molar-refractivity contribution in [3.05, 3.63) is 0 Å². The average Bonchev–Trinajstić information content (AvgIpc) is 2.27. The van der Waals surface area contributed by atoms with E-state index in [0.29, 0.717) is 18.7 Å². The number of rotatable bonds is 5. The van der Waals surface area contributed by atoms with Gasteiger partial charge in [0.2, 0.25) is 0 Å². The maximum atomic E-state index is 9.61. The second-order valence-electron chi connectivity index (χ2n) is 4.75. The molecule has 1 fully saturated rings. The van der Waals surface area contributed by atoms with Gasteiger partial charge in [0.1, 0.15) is 0 Å². The van der Waals surface area contributed by atoms with Gasteiger partial charge in [-0.05, 0) is 32.6 Å². The van der Waals surface area contributed by atoms with Crippen LogP contribution in [0.1, 0.15) is 32.6 Å². The minimum atomic E-state index is -1.00. The van der Waals surface area contributed by atoms with E-state index < -0.39 is 5.60 Å². The lowest BCUT2D eigenvalue weighted by Crippen LogP contribution is -2.46. The highest BCUT2D eigenvalue weighted by Gasteiger charge is 2.24. The van der Waals surface area contributed by atoms with Crippen LogP contribution >= 0.6 is 0 Å². The first-order valence-corrected chi connectivity index (χ1v) is 5.67. The third kappa shape index (κ3) is 4.47. The molecule has 0 spiro atoms. The Kier molecular flexibility index (Phi) is 4.99. The van der Waals surface area contributed by atoms with Crippen LogP contribution in [0.2, 0.25) is 0 Å². The third-order valence-electron chi connectivity index (χ3n) is 3.12. The van der Waals surface area contributed by atoms with E-state index >= 15 is 0 Å². The number of nitrogens with one attached hydrogen (secondary N) is 1. The molecule has 0 heterocycles. The molecule has 3 N–H and O–H groups in total. The van der Waals surface area contributed by atoms with Crippen molar-refractivity contribution in [1.29, 1.82) is 0 Å². The Labute approximate surface area is 91.6 Å². The number of methoxy groups -OCH3 is 1. The van der Waals surface area contributed by atoms with E-state index in [-0.39, 0.29) is 6.61 Å². The topological polar surface area (TPSA) is 61.7 Å². The number of aliphatic hydroxyl groups is 2. The van der Waals surface area contributed by atoms with E-state index in [1.165, 1.54) is 0 Å². The van der Waals surface area contributed by atoms with Gasteiger partial charge in [0.15, 0.2) is 0 Å². The molecule has 1 aliphatic carbocycles.